The Balaban J connectivity index is 2.70. The number of rotatable bonds is 3. The molecule has 1 aromatic carbocycles. The van der Waals surface area contributed by atoms with E-state index in [0.717, 1.165) is 5.56 Å². The molecule has 0 aliphatic carbocycles. The molecule has 0 aliphatic heterocycles. The highest BCUT2D eigenvalue weighted by Crippen LogP contribution is 2.11. The molecule has 1 N–H and O–H groups in total. The van der Waals surface area contributed by atoms with Crippen LogP contribution in [0.25, 0.3) is 0 Å². The largest absolute Gasteiger partial charge is 0.452 e. The molecule has 0 saturated carbocycles. The molecule has 0 fully saturated rings. The summed E-state index contributed by atoms with van der Waals surface area (Å²) in [6.07, 6.45) is -1.18. The Morgan fingerprint density at radius 3 is 2.16 bits per heavy atom. The standard InChI is InChI=1S/C12H17NO5S/c1-9-5-7-10(8-6-9)19(15,16)13-11(14)17-18-12(2,3)4/h5-8H,1-4H3,(H,13,14). The van der Waals surface area contributed by atoms with Crippen molar-refractivity contribution in [1.82, 2.24) is 4.72 Å². The van der Waals surface area contributed by atoms with Crippen molar-refractivity contribution in [2.45, 2.75) is 38.2 Å². The topological polar surface area (TPSA) is 81.7 Å². The van der Waals surface area contributed by atoms with Crippen LogP contribution < -0.4 is 4.72 Å². The maximum atomic E-state index is 11.8. The fraction of sp³-hybridized carbons (Fsp3) is 0.417. The second kappa shape index (κ2) is 5.58. The minimum absolute atomic E-state index is 0.0224. The fourth-order valence-electron chi connectivity index (χ4n) is 1.07. The van der Waals surface area contributed by atoms with Crippen LogP contribution in [0.15, 0.2) is 29.2 Å². The monoisotopic (exact) mass is 287 g/mol. The molecule has 0 bridgehead atoms. The van der Waals surface area contributed by atoms with Gasteiger partial charge in [0.25, 0.3) is 10.0 Å². The molecule has 0 aliphatic rings. The molecule has 1 amide bonds. The molecule has 1 rings (SSSR count). The molecule has 0 unspecified atom stereocenters. The molecule has 0 saturated heterocycles. The van der Waals surface area contributed by atoms with Crippen molar-refractivity contribution in [2.24, 2.45) is 0 Å². The van der Waals surface area contributed by atoms with E-state index in [-0.39, 0.29) is 4.90 Å². The predicted octanol–water partition coefficient (Wildman–Crippen LogP) is 2.14. The third-order valence-corrected chi connectivity index (χ3v) is 3.24. The van der Waals surface area contributed by atoms with E-state index in [1.54, 1.807) is 37.6 Å². The van der Waals surface area contributed by atoms with E-state index < -0.39 is 21.7 Å². The number of nitrogens with one attached hydrogen (secondary N) is 1. The van der Waals surface area contributed by atoms with Crippen molar-refractivity contribution < 1.29 is 23.0 Å². The van der Waals surface area contributed by atoms with E-state index in [1.165, 1.54) is 12.1 Å². The maximum absolute atomic E-state index is 11.8. The summed E-state index contributed by atoms with van der Waals surface area (Å²) in [5.41, 5.74) is 0.197. The SMILES string of the molecule is Cc1ccc(S(=O)(=O)NC(=O)OOC(C)(C)C)cc1. The lowest BCUT2D eigenvalue weighted by Crippen LogP contribution is -2.33. The smallest absolute Gasteiger partial charge is 0.274 e. The second-order valence-electron chi connectivity index (χ2n) is 4.99. The molecule has 106 valence electrons. The van der Waals surface area contributed by atoms with E-state index in [2.05, 4.69) is 4.89 Å². The van der Waals surface area contributed by atoms with Crippen LogP contribution in [0.4, 0.5) is 4.79 Å². The van der Waals surface area contributed by atoms with Gasteiger partial charge in [0.15, 0.2) is 0 Å². The number of hydrogen-bond acceptors (Lipinski definition) is 5. The molecule has 0 atom stereocenters. The Kier molecular flexibility index (Phi) is 4.54. The van der Waals surface area contributed by atoms with Crippen LogP contribution in [0.2, 0.25) is 0 Å². The molecule has 1 aromatic rings. The summed E-state index contributed by atoms with van der Waals surface area (Å²) >= 11 is 0. The summed E-state index contributed by atoms with van der Waals surface area (Å²) in [7, 11) is -3.95. The van der Waals surface area contributed by atoms with Gasteiger partial charge in [-0.05, 0) is 39.8 Å². The van der Waals surface area contributed by atoms with Crippen LogP contribution in [0.5, 0.6) is 0 Å². The van der Waals surface area contributed by atoms with Gasteiger partial charge in [-0.15, -0.1) is 0 Å². The Morgan fingerprint density at radius 1 is 1.16 bits per heavy atom. The second-order valence-corrected chi connectivity index (χ2v) is 6.67. The number of aryl methyl sites for hydroxylation is 1. The molecule has 6 nitrogen and oxygen atoms in total. The lowest BCUT2D eigenvalue weighted by atomic mass is 10.2. The molecule has 0 spiro atoms. The Morgan fingerprint density at radius 2 is 1.68 bits per heavy atom. The van der Waals surface area contributed by atoms with Gasteiger partial charge >= 0.3 is 6.09 Å². The highest BCUT2D eigenvalue weighted by molar-refractivity contribution is 7.90. The van der Waals surface area contributed by atoms with Crippen molar-refractivity contribution >= 4 is 16.1 Å². The van der Waals surface area contributed by atoms with Gasteiger partial charge in [0.05, 0.1) is 4.90 Å². The minimum atomic E-state index is -3.95. The summed E-state index contributed by atoms with van der Waals surface area (Å²) in [5, 5.41) is 0. The number of sulfonamides is 1. The fourth-order valence-corrected chi connectivity index (χ4v) is 1.93. The number of hydrogen-bond donors (Lipinski definition) is 1. The van der Waals surface area contributed by atoms with Crippen molar-refractivity contribution in [1.29, 1.82) is 0 Å². The molecular weight excluding hydrogens is 270 g/mol. The average Bonchev–Trinajstić information content (AvgIpc) is 2.25. The quantitative estimate of drug-likeness (QED) is 0.680. The minimum Gasteiger partial charge on any atom is -0.274 e. The van der Waals surface area contributed by atoms with Crippen molar-refractivity contribution in [2.75, 3.05) is 0 Å². The van der Waals surface area contributed by atoms with Gasteiger partial charge < -0.3 is 0 Å². The molecule has 19 heavy (non-hydrogen) atoms. The van der Waals surface area contributed by atoms with Crippen LogP contribution in [0, 0.1) is 6.92 Å². The van der Waals surface area contributed by atoms with Gasteiger partial charge in [-0.25, -0.2) is 17.9 Å². The lowest BCUT2D eigenvalue weighted by molar-refractivity contribution is -0.299. The molecule has 0 radical (unpaired) electrons. The summed E-state index contributed by atoms with van der Waals surface area (Å²) < 4.78 is 25.4. The van der Waals surface area contributed by atoms with Gasteiger partial charge in [-0.2, -0.15) is 4.89 Å². The van der Waals surface area contributed by atoms with Crippen LogP contribution in [-0.4, -0.2) is 20.1 Å². The normalized spacial score (nSPS) is 12.0. The van der Waals surface area contributed by atoms with Crippen LogP contribution in [0.1, 0.15) is 26.3 Å². The van der Waals surface area contributed by atoms with Gasteiger partial charge in [0.2, 0.25) is 0 Å². The first-order valence-electron chi connectivity index (χ1n) is 5.59. The maximum Gasteiger partial charge on any atom is 0.452 e. The Labute approximate surface area is 112 Å². The molecular formula is C12H17NO5S. The summed E-state index contributed by atoms with van der Waals surface area (Å²) in [5.74, 6) is 0. The Bertz CT molecular complexity index is 542. The van der Waals surface area contributed by atoms with E-state index in [0.29, 0.717) is 0 Å². The van der Waals surface area contributed by atoms with Gasteiger partial charge in [-0.1, -0.05) is 17.7 Å². The van der Waals surface area contributed by atoms with E-state index >= 15 is 0 Å². The third kappa shape index (κ3) is 5.27. The highest BCUT2D eigenvalue weighted by Gasteiger charge is 2.21. The first-order chi connectivity index (χ1) is 8.60. The zero-order valence-electron chi connectivity index (χ0n) is 11.3. The summed E-state index contributed by atoms with van der Waals surface area (Å²) in [6.45, 7) is 6.81. The molecule has 0 aromatic heterocycles. The van der Waals surface area contributed by atoms with Gasteiger partial charge in [0.1, 0.15) is 5.60 Å². The van der Waals surface area contributed by atoms with Crippen LogP contribution in [-0.2, 0) is 19.8 Å². The van der Waals surface area contributed by atoms with Crippen molar-refractivity contribution in [3.05, 3.63) is 29.8 Å². The molecule has 0 heterocycles. The van der Waals surface area contributed by atoms with Gasteiger partial charge in [-0.3, -0.25) is 4.89 Å². The third-order valence-electron chi connectivity index (χ3n) is 1.92. The number of carbonyl (C=O) groups excluding carboxylic acids is 1. The highest BCUT2D eigenvalue weighted by atomic mass is 32.2. The zero-order chi connectivity index (χ0) is 14.7. The van der Waals surface area contributed by atoms with Crippen LogP contribution in [0.3, 0.4) is 0 Å². The van der Waals surface area contributed by atoms with Crippen molar-refractivity contribution in [3.8, 4) is 0 Å². The summed E-state index contributed by atoms with van der Waals surface area (Å²) in [4.78, 5) is 20.4. The van der Waals surface area contributed by atoms with Gasteiger partial charge in [0, 0.05) is 0 Å². The first kappa shape index (κ1) is 15.5. The lowest BCUT2D eigenvalue weighted by Gasteiger charge is -2.16. The number of carbonyl (C=O) groups is 1. The van der Waals surface area contributed by atoms with E-state index in [4.69, 9.17) is 4.89 Å². The summed E-state index contributed by atoms with van der Waals surface area (Å²) in [6, 6.07) is 6.06. The van der Waals surface area contributed by atoms with E-state index in [9.17, 15) is 13.2 Å². The number of amides is 1. The zero-order valence-corrected chi connectivity index (χ0v) is 12.1. The van der Waals surface area contributed by atoms with Crippen LogP contribution >= 0.6 is 0 Å². The molecule has 7 heteroatoms. The predicted molar refractivity (Wildman–Crippen MR) is 68.8 cm³/mol. The van der Waals surface area contributed by atoms with E-state index in [1.807, 2.05) is 6.92 Å². The first-order valence-corrected chi connectivity index (χ1v) is 7.08. The van der Waals surface area contributed by atoms with Crippen molar-refractivity contribution in [3.63, 3.8) is 0 Å². The average molecular weight is 287 g/mol. The number of benzene rings is 1. The Hall–Kier alpha value is -1.60.